The second kappa shape index (κ2) is 6.13. The zero-order valence-electron chi connectivity index (χ0n) is 12.6. The average molecular weight is 265 g/mol. The molecule has 2 nitrogen and oxygen atoms in total. The first-order valence-electron chi connectivity index (χ1n) is 8.66. The normalized spacial score (nSPS) is 35.2. The summed E-state index contributed by atoms with van der Waals surface area (Å²) in [5.74, 6) is 0.771. The summed E-state index contributed by atoms with van der Waals surface area (Å²) in [5, 5.41) is 3.85. The molecule has 110 valence electrons. The second-order valence-corrected chi connectivity index (χ2v) is 7.26. The van der Waals surface area contributed by atoms with E-state index in [1.807, 2.05) is 0 Å². The highest BCUT2D eigenvalue weighted by atomic mass is 16.5. The molecule has 0 aromatic rings. The molecule has 3 rings (SSSR count). The van der Waals surface area contributed by atoms with Crippen LogP contribution >= 0.6 is 0 Å². The minimum absolute atomic E-state index is 0.525. The van der Waals surface area contributed by atoms with E-state index in [1.54, 1.807) is 0 Å². The Morgan fingerprint density at radius 2 is 1.79 bits per heavy atom. The topological polar surface area (TPSA) is 21.3 Å². The van der Waals surface area contributed by atoms with E-state index >= 15 is 0 Å². The molecule has 19 heavy (non-hydrogen) atoms. The van der Waals surface area contributed by atoms with Crippen molar-refractivity contribution in [3.8, 4) is 0 Å². The summed E-state index contributed by atoms with van der Waals surface area (Å²) in [6.07, 6.45) is 14.8. The van der Waals surface area contributed by atoms with E-state index in [0.29, 0.717) is 6.10 Å². The van der Waals surface area contributed by atoms with Gasteiger partial charge in [0.1, 0.15) is 0 Å². The molecule has 1 aliphatic heterocycles. The molecule has 2 atom stereocenters. The number of nitrogens with one attached hydrogen (secondary N) is 1. The lowest BCUT2D eigenvalue weighted by molar-refractivity contribution is 0.0849. The summed E-state index contributed by atoms with van der Waals surface area (Å²) in [5.41, 5.74) is 0.778. The van der Waals surface area contributed by atoms with E-state index in [-0.39, 0.29) is 0 Å². The maximum atomic E-state index is 5.79. The Labute approximate surface area is 118 Å². The van der Waals surface area contributed by atoms with Gasteiger partial charge in [-0.1, -0.05) is 19.8 Å². The number of hydrogen-bond donors (Lipinski definition) is 1. The molecule has 0 bridgehead atoms. The average Bonchev–Trinajstić information content (AvgIpc) is 3.07. The fourth-order valence-electron chi connectivity index (χ4n) is 4.75. The summed E-state index contributed by atoms with van der Waals surface area (Å²) in [6.45, 7) is 4.43. The predicted octanol–water partition coefficient (Wildman–Crippen LogP) is 3.89. The van der Waals surface area contributed by atoms with Crippen LogP contribution in [0.2, 0.25) is 0 Å². The van der Waals surface area contributed by atoms with Crippen LogP contribution in [0.1, 0.15) is 71.1 Å². The molecule has 1 N–H and O–H groups in total. The molecule has 2 saturated carbocycles. The third-order valence-corrected chi connectivity index (χ3v) is 6.13. The lowest BCUT2D eigenvalue weighted by Gasteiger charge is -2.38. The fourth-order valence-corrected chi connectivity index (χ4v) is 4.75. The Kier molecular flexibility index (Phi) is 4.48. The smallest absolute Gasteiger partial charge is 0.0613 e. The zero-order chi connectivity index (χ0) is 13.1. The first-order valence-corrected chi connectivity index (χ1v) is 8.66. The molecular weight excluding hydrogens is 234 g/mol. The molecular formula is C17H31NO. The summed E-state index contributed by atoms with van der Waals surface area (Å²) >= 11 is 0. The monoisotopic (exact) mass is 265 g/mol. The fraction of sp³-hybridized carbons (Fsp3) is 1.00. The van der Waals surface area contributed by atoms with E-state index in [9.17, 15) is 0 Å². The van der Waals surface area contributed by atoms with Crippen molar-refractivity contribution in [1.82, 2.24) is 5.32 Å². The van der Waals surface area contributed by atoms with Crippen molar-refractivity contribution in [2.75, 3.05) is 13.2 Å². The Morgan fingerprint density at radius 1 is 1.05 bits per heavy atom. The van der Waals surface area contributed by atoms with Crippen molar-refractivity contribution in [3.05, 3.63) is 0 Å². The SMILES string of the molecule is CCC1OCCC1CNC1CCC2(CCCC2)CC1. The van der Waals surface area contributed by atoms with E-state index in [1.165, 1.54) is 70.8 Å². The minimum Gasteiger partial charge on any atom is -0.378 e. The first-order chi connectivity index (χ1) is 9.31. The van der Waals surface area contributed by atoms with Gasteiger partial charge in [-0.25, -0.2) is 0 Å². The third kappa shape index (κ3) is 3.16. The molecule has 0 aromatic heterocycles. The van der Waals surface area contributed by atoms with Crippen LogP contribution in [0.5, 0.6) is 0 Å². The van der Waals surface area contributed by atoms with Gasteiger partial charge in [-0.3, -0.25) is 0 Å². The minimum atomic E-state index is 0.525. The lowest BCUT2D eigenvalue weighted by Crippen LogP contribution is -2.40. The number of hydrogen-bond acceptors (Lipinski definition) is 2. The Morgan fingerprint density at radius 3 is 2.47 bits per heavy atom. The van der Waals surface area contributed by atoms with Crippen LogP contribution in [0.3, 0.4) is 0 Å². The first kappa shape index (κ1) is 13.9. The largest absolute Gasteiger partial charge is 0.378 e. The van der Waals surface area contributed by atoms with Crippen molar-refractivity contribution in [2.24, 2.45) is 11.3 Å². The zero-order valence-corrected chi connectivity index (χ0v) is 12.6. The molecule has 2 unspecified atom stereocenters. The standard InChI is InChI=1S/C17H31NO/c1-2-16-14(7-12-19-16)13-18-15-5-10-17(11-6-15)8-3-4-9-17/h14-16,18H,2-13H2,1H3. The van der Waals surface area contributed by atoms with Crippen LogP contribution in [-0.4, -0.2) is 25.3 Å². The van der Waals surface area contributed by atoms with Crippen molar-refractivity contribution >= 4 is 0 Å². The van der Waals surface area contributed by atoms with E-state index in [0.717, 1.165) is 24.0 Å². The molecule has 1 saturated heterocycles. The summed E-state index contributed by atoms with van der Waals surface area (Å²) in [6, 6.07) is 0.796. The highest BCUT2D eigenvalue weighted by Crippen LogP contribution is 2.48. The van der Waals surface area contributed by atoms with Gasteiger partial charge >= 0.3 is 0 Å². The van der Waals surface area contributed by atoms with Gasteiger partial charge in [-0.2, -0.15) is 0 Å². The van der Waals surface area contributed by atoms with Gasteiger partial charge in [0.05, 0.1) is 6.10 Å². The van der Waals surface area contributed by atoms with Crippen LogP contribution in [0, 0.1) is 11.3 Å². The van der Waals surface area contributed by atoms with Gasteiger partial charge in [-0.15, -0.1) is 0 Å². The third-order valence-electron chi connectivity index (χ3n) is 6.13. The van der Waals surface area contributed by atoms with Gasteiger partial charge < -0.3 is 10.1 Å². The Bertz CT molecular complexity index is 275. The van der Waals surface area contributed by atoms with Crippen molar-refractivity contribution in [1.29, 1.82) is 0 Å². The Hall–Kier alpha value is -0.0800. The Balaban J connectivity index is 1.40. The highest BCUT2D eigenvalue weighted by molar-refractivity contribution is 4.91. The van der Waals surface area contributed by atoms with E-state index in [4.69, 9.17) is 4.74 Å². The van der Waals surface area contributed by atoms with E-state index in [2.05, 4.69) is 12.2 Å². The molecule has 0 amide bonds. The van der Waals surface area contributed by atoms with Gasteiger partial charge in [0.15, 0.2) is 0 Å². The van der Waals surface area contributed by atoms with Crippen LogP contribution in [0.15, 0.2) is 0 Å². The molecule has 0 radical (unpaired) electrons. The van der Waals surface area contributed by atoms with Gasteiger partial charge in [0, 0.05) is 19.2 Å². The lowest BCUT2D eigenvalue weighted by atomic mass is 9.71. The predicted molar refractivity (Wildman–Crippen MR) is 79.3 cm³/mol. The van der Waals surface area contributed by atoms with Crippen LogP contribution in [0.25, 0.3) is 0 Å². The maximum absolute atomic E-state index is 5.79. The molecule has 3 aliphatic rings. The molecule has 3 fully saturated rings. The molecule has 2 aliphatic carbocycles. The summed E-state index contributed by atoms with van der Waals surface area (Å²) in [4.78, 5) is 0. The summed E-state index contributed by atoms with van der Waals surface area (Å²) < 4.78 is 5.79. The molecule has 0 aromatic carbocycles. The number of rotatable bonds is 4. The van der Waals surface area contributed by atoms with Gasteiger partial charge in [-0.05, 0) is 62.7 Å². The molecule has 1 spiro atoms. The van der Waals surface area contributed by atoms with Crippen molar-refractivity contribution in [2.45, 2.75) is 83.3 Å². The second-order valence-electron chi connectivity index (χ2n) is 7.26. The van der Waals surface area contributed by atoms with E-state index < -0.39 is 0 Å². The highest BCUT2D eigenvalue weighted by Gasteiger charge is 2.37. The van der Waals surface area contributed by atoms with Gasteiger partial charge in [0.2, 0.25) is 0 Å². The van der Waals surface area contributed by atoms with Gasteiger partial charge in [0.25, 0.3) is 0 Å². The van der Waals surface area contributed by atoms with Crippen LogP contribution in [0.4, 0.5) is 0 Å². The maximum Gasteiger partial charge on any atom is 0.0613 e. The van der Waals surface area contributed by atoms with Crippen molar-refractivity contribution in [3.63, 3.8) is 0 Å². The number of ether oxygens (including phenoxy) is 1. The summed E-state index contributed by atoms with van der Waals surface area (Å²) in [7, 11) is 0. The quantitative estimate of drug-likeness (QED) is 0.832. The van der Waals surface area contributed by atoms with Crippen LogP contribution < -0.4 is 5.32 Å². The molecule has 2 heteroatoms. The molecule has 1 heterocycles. The van der Waals surface area contributed by atoms with Crippen molar-refractivity contribution < 1.29 is 4.74 Å². The van der Waals surface area contributed by atoms with Crippen LogP contribution in [-0.2, 0) is 4.74 Å².